The zero-order valence-corrected chi connectivity index (χ0v) is 14.3. The Hall–Kier alpha value is -2.51. The molecule has 1 aliphatic rings. The number of imidazole rings is 1. The Kier molecular flexibility index (Phi) is 3.61. The number of rotatable bonds is 4. The summed E-state index contributed by atoms with van der Waals surface area (Å²) < 4.78 is 13.5. The van der Waals surface area contributed by atoms with Gasteiger partial charge in [-0.05, 0) is 36.4 Å². The van der Waals surface area contributed by atoms with Gasteiger partial charge in [0.05, 0.1) is 15.9 Å². The van der Waals surface area contributed by atoms with E-state index in [0.29, 0.717) is 18.3 Å². The van der Waals surface area contributed by atoms with Crippen molar-refractivity contribution in [3.8, 4) is 10.7 Å². The molecule has 1 atom stereocenters. The predicted molar refractivity (Wildman–Crippen MR) is 94.4 cm³/mol. The first-order chi connectivity index (χ1) is 12.4. The second kappa shape index (κ2) is 6.09. The van der Waals surface area contributed by atoms with E-state index in [4.69, 9.17) is 14.2 Å². The molecular weight excluding hydrogens is 336 g/mol. The summed E-state index contributed by atoms with van der Waals surface area (Å²) in [4.78, 5) is 10.3. The summed E-state index contributed by atoms with van der Waals surface area (Å²) in [5.74, 6) is 2.15. The Labute approximate surface area is 148 Å². The fourth-order valence-electron chi connectivity index (χ4n) is 3.25. The molecule has 3 aromatic heterocycles. The van der Waals surface area contributed by atoms with Crippen molar-refractivity contribution in [1.82, 2.24) is 19.7 Å². The number of fused-ring (bicyclic) bond motifs is 1. The molecule has 1 fully saturated rings. The van der Waals surface area contributed by atoms with Crippen LogP contribution < -0.4 is 0 Å². The maximum absolute atomic E-state index is 5.86. The van der Waals surface area contributed by atoms with Crippen LogP contribution in [-0.2, 0) is 11.3 Å². The minimum Gasteiger partial charge on any atom is -0.370 e. The normalized spacial score (nSPS) is 17.5. The van der Waals surface area contributed by atoms with Crippen LogP contribution in [0.25, 0.3) is 21.7 Å². The van der Waals surface area contributed by atoms with Crippen molar-refractivity contribution in [2.24, 2.45) is 0 Å². The van der Waals surface area contributed by atoms with Gasteiger partial charge < -0.3 is 13.8 Å². The zero-order chi connectivity index (χ0) is 16.6. The minimum atomic E-state index is 0.0343. The van der Waals surface area contributed by atoms with Gasteiger partial charge in [-0.2, -0.15) is 4.98 Å². The number of thiophene rings is 1. The lowest BCUT2D eigenvalue weighted by Crippen LogP contribution is -2.09. The van der Waals surface area contributed by atoms with Crippen LogP contribution in [-0.4, -0.2) is 26.3 Å². The maximum atomic E-state index is 5.86. The molecule has 0 bridgehead atoms. The summed E-state index contributed by atoms with van der Waals surface area (Å²) in [6.07, 6.45) is 2.09. The standard InChI is InChI=1S/C18H16N4O2S/c1-2-6-13-12(5-1)19-18(14-7-3-9-23-14)22(13)11-16-20-17(21-24-16)15-8-4-10-25-15/h1-2,4-6,8,10,14H,3,7,9,11H2/t14-/m1/s1. The van der Waals surface area contributed by atoms with Crippen LogP contribution in [0, 0.1) is 0 Å². The highest BCUT2D eigenvalue weighted by molar-refractivity contribution is 7.13. The van der Waals surface area contributed by atoms with Crippen molar-refractivity contribution in [2.75, 3.05) is 6.61 Å². The third kappa shape index (κ3) is 2.65. The van der Waals surface area contributed by atoms with Gasteiger partial charge in [0.1, 0.15) is 18.5 Å². The van der Waals surface area contributed by atoms with Crippen LogP contribution in [0.3, 0.4) is 0 Å². The van der Waals surface area contributed by atoms with Crippen LogP contribution in [0.5, 0.6) is 0 Å². The van der Waals surface area contributed by atoms with Crippen LogP contribution in [0.2, 0.25) is 0 Å². The largest absolute Gasteiger partial charge is 0.370 e. The second-order valence-electron chi connectivity index (χ2n) is 6.04. The number of hydrogen-bond acceptors (Lipinski definition) is 6. The lowest BCUT2D eigenvalue weighted by Gasteiger charge is -2.11. The molecule has 0 unspecified atom stereocenters. The molecule has 5 rings (SSSR count). The zero-order valence-electron chi connectivity index (χ0n) is 13.5. The van der Waals surface area contributed by atoms with Crippen molar-refractivity contribution in [2.45, 2.75) is 25.5 Å². The Morgan fingerprint density at radius 3 is 2.96 bits per heavy atom. The number of aromatic nitrogens is 4. The quantitative estimate of drug-likeness (QED) is 0.554. The van der Waals surface area contributed by atoms with Gasteiger partial charge in [0.2, 0.25) is 11.7 Å². The molecule has 0 spiro atoms. The molecule has 1 saturated heterocycles. The fourth-order valence-corrected chi connectivity index (χ4v) is 3.90. The summed E-state index contributed by atoms with van der Waals surface area (Å²) >= 11 is 1.60. The molecular formula is C18H16N4O2S. The van der Waals surface area contributed by atoms with E-state index in [-0.39, 0.29) is 6.10 Å². The first-order valence-electron chi connectivity index (χ1n) is 8.32. The van der Waals surface area contributed by atoms with Gasteiger partial charge in [0.15, 0.2) is 0 Å². The molecule has 0 N–H and O–H groups in total. The summed E-state index contributed by atoms with van der Waals surface area (Å²) in [5.41, 5.74) is 2.02. The molecule has 0 radical (unpaired) electrons. The van der Waals surface area contributed by atoms with Gasteiger partial charge >= 0.3 is 0 Å². The average molecular weight is 352 g/mol. The minimum absolute atomic E-state index is 0.0343. The number of nitrogens with zero attached hydrogens (tertiary/aromatic N) is 4. The van der Waals surface area contributed by atoms with Crippen molar-refractivity contribution in [1.29, 1.82) is 0 Å². The third-order valence-corrected chi connectivity index (χ3v) is 5.27. The van der Waals surface area contributed by atoms with Gasteiger partial charge in [-0.25, -0.2) is 4.98 Å². The van der Waals surface area contributed by atoms with E-state index in [1.807, 2.05) is 35.7 Å². The predicted octanol–water partition coefficient (Wildman–Crippen LogP) is 4.05. The van der Waals surface area contributed by atoms with E-state index < -0.39 is 0 Å². The van der Waals surface area contributed by atoms with E-state index in [2.05, 4.69) is 20.8 Å². The summed E-state index contributed by atoms with van der Waals surface area (Å²) in [6.45, 7) is 1.28. The van der Waals surface area contributed by atoms with Crippen molar-refractivity contribution in [3.05, 3.63) is 53.5 Å². The molecule has 7 heteroatoms. The van der Waals surface area contributed by atoms with Crippen LogP contribution in [0.1, 0.15) is 30.7 Å². The second-order valence-corrected chi connectivity index (χ2v) is 6.98. The molecule has 0 saturated carbocycles. The van der Waals surface area contributed by atoms with Crippen molar-refractivity contribution < 1.29 is 9.26 Å². The molecule has 4 aromatic rings. The van der Waals surface area contributed by atoms with Crippen LogP contribution in [0.4, 0.5) is 0 Å². The van der Waals surface area contributed by atoms with Crippen LogP contribution >= 0.6 is 11.3 Å². The summed E-state index contributed by atoms with van der Waals surface area (Å²) in [7, 11) is 0. The lowest BCUT2D eigenvalue weighted by molar-refractivity contribution is 0.102. The number of ether oxygens (including phenoxy) is 1. The van der Waals surface area contributed by atoms with E-state index in [1.165, 1.54) is 0 Å². The lowest BCUT2D eigenvalue weighted by atomic mass is 10.2. The highest BCUT2D eigenvalue weighted by Crippen LogP contribution is 2.31. The molecule has 1 aliphatic heterocycles. The van der Waals surface area contributed by atoms with Crippen molar-refractivity contribution in [3.63, 3.8) is 0 Å². The van der Waals surface area contributed by atoms with E-state index in [1.54, 1.807) is 11.3 Å². The van der Waals surface area contributed by atoms with Gasteiger partial charge in [-0.1, -0.05) is 23.4 Å². The molecule has 25 heavy (non-hydrogen) atoms. The Morgan fingerprint density at radius 1 is 1.16 bits per heavy atom. The Bertz CT molecular complexity index is 999. The number of hydrogen-bond donors (Lipinski definition) is 0. The van der Waals surface area contributed by atoms with E-state index in [0.717, 1.165) is 41.2 Å². The number of benzene rings is 1. The van der Waals surface area contributed by atoms with E-state index >= 15 is 0 Å². The van der Waals surface area contributed by atoms with Gasteiger partial charge in [0.25, 0.3) is 0 Å². The van der Waals surface area contributed by atoms with E-state index in [9.17, 15) is 0 Å². The SMILES string of the molecule is c1csc(-c2noc(Cn3c([C@H]4CCCO4)nc4ccccc43)n2)c1. The Morgan fingerprint density at radius 2 is 2.12 bits per heavy atom. The molecule has 0 amide bonds. The first kappa shape index (κ1) is 14.8. The molecule has 0 aliphatic carbocycles. The highest BCUT2D eigenvalue weighted by Gasteiger charge is 2.25. The smallest absolute Gasteiger partial charge is 0.246 e. The third-order valence-electron chi connectivity index (χ3n) is 4.40. The first-order valence-corrected chi connectivity index (χ1v) is 9.20. The summed E-state index contributed by atoms with van der Waals surface area (Å²) in [6, 6.07) is 12.1. The molecule has 4 heterocycles. The fraction of sp³-hybridized carbons (Fsp3) is 0.278. The Balaban J connectivity index is 1.54. The van der Waals surface area contributed by atoms with Crippen LogP contribution in [0.15, 0.2) is 46.3 Å². The molecule has 126 valence electrons. The van der Waals surface area contributed by atoms with Gasteiger partial charge in [0, 0.05) is 6.61 Å². The van der Waals surface area contributed by atoms with Gasteiger partial charge in [-0.15, -0.1) is 11.3 Å². The maximum Gasteiger partial charge on any atom is 0.246 e. The topological polar surface area (TPSA) is 66.0 Å². The van der Waals surface area contributed by atoms with Gasteiger partial charge in [-0.3, -0.25) is 0 Å². The van der Waals surface area contributed by atoms with Crippen molar-refractivity contribution >= 4 is 22.4 Å². The average Bonchev–Trinajstić information content (AvgIpc) is 3.42. The monoisotopic (exact) mass is 352 g/mol. The molecule has 6 nitrogen and oxygen atoms in total. The highest BCUT2D eigenvalue weighted by atomic mass is 32.1. The molecule has 1 aromatic carbocycles. The number of para-hydroxylation sites is 2. The summed E-state index contributed by atoms with van der Waals surface area (Å²) in [5, 5.41) is 6.11.